The zero-order chi connectivity index (χ0) is 16.0. The summed E-state index contributed by atoms with van der Waals surface area (Å²) in [6.07, 6.45) is 6.25. The van der Waals surface area contributed by atoms with Crippen molar-refractivity contribution in [3.63, 3.8) is 0 Å². The smallest absolute Gasteiger partial charge is 0.203 e. The summed E-state index contributed by atoms with van der Waals surface area (Å²) in [6, 6.07) is 6.58. The molecule has 4 rings (SSSR count). The molecule has 0 spiro atoms. The number of aryl methyl sites for hydroxylation is 2. The summed E-state index contributed by atoms with van der Waals surface area (Å²) in [5.41, 5.74) is 4.76. The maximum atomic E-state index is 4.55. The van der Waals surface area contributed by atoms with Crippen molar-refractivity contribution in [2.24, 2.45) is 0 Å². The lowest BCUT2D eigenvalue weighted by Gasteiger charge is -2.20. The van der Waals surface area contributed by atoms with Gasteiger partial charge < -0.3 is 4.90 Å². The molecule has 0 amide bonds. The number of hydrogen-bond acceptors (Lipinski definition) is 4. The lowest BCUT2D eigenvalue weighted by atomic mass is 10.1. The highest BCUT2D eigenvalue weighted by Gasteiger charge is 2.29. The van der Waals surface area contributed by atoms with Gasteiger partial charge in [-0.15, -0.1) is 10.2 Å². The van der Waals surface area contributed by atoms with E-state index >= 15 is 0 Å². The Morgan fingerprint density at radius 2 is 2.04 bits per heavy atom. The van der Waals surface area contributed by atoms with Gasteiger partial charge in [0.2, 0.25) is 5.65 Å². The van der Waals surface area contributed by atoms with Gasteiger partial charge in [-0.25, -0.2) is 4.98 Å². The number of anilines is 1. The second-order valence-corrected chi connectivity index (χ2v) is 6.56. The van der Waals surface area contributed by atoms with Gasteiger partial charge in [0.1, 0.15) is 5.82 Å². The van der Waals surface area contributed by atoms with E-state index in [0.29, 0.717) is 5.92 Å². The standard InChI is InChI=1S/C18H21N5/c1-12-4-5-15(13(2)10-12)11-22(3)17-18-21-20-16(14-6-7-14)23(18)9-8-19-17/h4-5,8-10,14H,6-7,11H2,1-3H3. The minimum atomic E-state index is 0.574. The normalized spacial score (nSPS) is 14.4. The van der Waals surface area contributed by atoms with Gasteiger partial charge in [0.25, 0.3) is 0 Å². The van der Waals surface area contributed by atoms with Crippen LogP contribution in [0, 0.1) is 13.8 Å². The van der Waals surface area contributed by atoms with Gasteiger partial charge in [0.05, 0.1) is 0 Å². The zero-order valence-corrected chi connectivity index (χ0v) is 13.8. The van der Waals surface area contributed by atoms with Crippen molar-refractivity contribution in [2.75, 3.05) is 11.9 Å². The molecule has 5 heteroatoms. The lowest BCUT2D eigenvalue weighted by molar-refractivity contribution is 0.873. The second-order valence-electron chi connectivity index (χ2n) is 6.56. The third-order valence-corrected chi connectivity index (χ3v) is 4.54. The van der Waals surface area contributed by atoms with Crippen molar-refractivity contribution in [1.82, 2.24) is 19.6 Å². The molecule has 23 heavy (non-hydrogen) atoms. The van der Waals surface area contributed by atoms with Crippen molar-refractivity contribution in [2.45, 2.75) is 39.2 Å². The summed E-state index contributed by atoms with van der Waals surface area (Å²) in [6.45, 7) is 5.09. The Bertz CT molecular complexity index is 863. The van der Waals surface area contributed by atoms with E-state index in [2.05, 4.69) is 63.6 Å². The highest BCUT2D eigenvalue weighted by molar-refractivity contribution is 5.63. The van der Waals surface area contributed by atoms with Crippen LogP contribution in [-0.4, -0.2) is 26.6 Å². The molecule has 2 heterocycles. The maximum Gasteiger partial charge on any atom is 0.203 e. The van der Waals surface area contributed by atoms with Crippen LogP contribution in [0.3, 0.4) is 0 Å². The average molecular weight is 307 g/mol. The second kappa shape index (κ2) is 5.33. The van der Waals surface area contributed by atoms with E-state index in [1.807, 2.05) is 12.4 Å². The van der Waals surface area contributed by atoms with Crippen LogP contribution in [0.4, 0.5) is 5.82 Å². The van der Waals surface area contributed by atoms with Crippen LogP contribution >= 0.6 is 0 Å². The van der Waals surface area contributed by atoms with Crippen LogP contribution in [0.25, 0.3) is 5.65 Å². The summed E-state index contributed by atoms with van der Waals surface area (Å²) in [4.78, 5) is 6.70. The van der Waals surface area contributed by atoms with E-state index in [-0.39, 0.29) is 0 Å². The van der Waals surface area contributed by atoms with Crippen LogP contribution in [0.15, 0.2) is 30.6 Å². The van der Waals surface area contributed by atoms with Crippen molar-refractivity contribution < 1.29 is 0 Å². The van der Waals surface area contributed by atoms with Gasteiger partial charge in [-0.3, -0.25) is 4.40 Å². The molecule has 0 saturated heterocycles. The fourth-order valence-electron chi connectivity index (χ4n) is 3.07. The van der Waals surface area contributed by atoms with Gasteiger partial charge in [-0.1, -0.05) is 23.8 Å². The van der Waals surface area contributed by atoms with Gasteiger partial charge >= 0.3 is 0 Å². The number of hydrogen-bond donors (Lipinski definition) is 0. The largest absolute Gasteiger partial charge is 0.352 e. The van der Waals surface area contributed by atoms with Gasteiger partial charge in [0.15, 0.2) is 5.82 Å². The summed E-state index contributed by atoms with van der Waals surface area (Å²) in [7, 11) is 2.06. The summed E-state index contributed by atoms with van der Waals surface area (Å²) >= 11 is 0. The molecule has 118 valence electrons. The number of aromatic nitrogens is 4. The number of fused-ring (bicyclic) bond motifs is 1. The van der Waals surface area contributed by atoms with E-state index in [0.717, 1.165) is 23.8 Å². The fraction of sp³-hybridized carbons (Fsp3) is 0.389. The van der Waals surface area contributed by atoms with Crippen LogP contribution < -0.4 is 4.90 Å². The van der Waals surface area contributed by atoms with Crippen LogP contribution in [0.2, 0.25) is 0 Å². The molecule has 1 fully saturated rings. The third kappa shape index (κ3) is 2.56. The molecule has 0 atom stereocenters. The van der Waals surface area contributed by atoms with Crippen molar-refractivity contribution in [3.8, 4) is 0 Å². The van der Waals surface area contributed by atoms with E-state index in [4.69, 9.17) is 0 Å². The molecule has 0 aliphatic heterocycles. The van der Waals surface area contributed by atoms with Crippen LogP contribution in [0.5, 0.6) is 0 Å². The molecule has 0 radical (unpaired) electrons. The quantitative estimate of drug-likeness (QED) is 0.742. The van der Waals surface area contributed by atoms with Crippen LogP contribution in [-0.2, 0) is 6.54 Å². The molecular weight excluding hydrogens is 286 g/mol. The molecule has 0 unspecified atom stereocenters. The SMILES string of the molecule is Cc1ccc(CN(C)c2nccn3c(C4CC4)nnc23)c(C)c1. The summed E-state index contributed by atoms with van der Waals surface area (Å²) in [5, 5.41) is 8.77. The van der Waals surface area contributed by atoms with E-state index in [1.54, 1.807) is 0 Å². The monoisotopic (exact) mass is 307 g/mol. The first-order chi connectivity index (χ1) is 11.1. The molecule has 1 saturated carbocycles. The number of nitrogens with zero attached hydrogens (tertiary/aromatic N) is 5. The highest BCUT2D eigenvalue weighted by Crippen LogP contribution is 2.39. The zero-order valence-electron chi connectivity index (χ0n) is 13.8. The Hall–Kier alpha value is -2.43. The predicted molar refractivity (Wildman–Crippen MR) is 90.8 cm³/mol. The van der Waals surface area contributed by atoms with Crippen LogP contribution in [0.1, 0.15) is 41.3 Å². The Balaban J connectivity index is 1.68. The van der Waals surface area contributed by atoms with Gasteiger partial charge in [-0.05, 0) is 37.8 Å². The fourth-order valence-corrected chi connectivity index (χ4v) is 3.07. The molecule has 2 aromatic heterocycles. The summed E-state index contributed by atoms with van der Waals surface area (Å²) in [5.74, 6) is 2.53. The summed E-state index contributed by atoms with van der Waals surface area (Å²) < 4.78 is 2.10. The Labute approximate surface area is 136 Å². The van der Waals surface area contributed by atoms with Crippen molar-refractivity contribution >= 4 is 11.5 Å². The Kier molecular flexibility index (Phi) is 3.29. The molecule has 0 N–H and O–H groups in total. The molecule has 5 nitrogen and oxygen atoms in total. The molecule has 1 aliphatic rings. The molecular formula is C18H21N5. The number of benzene rings is 1. The predicted octanol–water partition coefficient (Wildman–Crippen LogP) is 3.25. The maximum absolute atomic E-state index is 4.55. The third-order valence-electron chi connectivity index (χ3n) is 4.54. The first kappa shape index (κ1) is 14.2. The molecule has 1 aliphatic carbocycles. The number of rotatable bonds is 4. The van der Waals surface area contributed by atoms with E-state index < -0.39 is 0 Å². The molecule has 0 bridgehead atoms. The van der Waals surface area contributed by atoms with Crippen molar-refractivity contribution in [3.05, 3.63) is 53.1 Å². The van der Waals surface area contributed by atoms with Gasteiger partial charge in [0, 0.05) is 31.9 Å². The first-order valence-electron chi connectivity index (χ1n) is 8.10. The average Bonchev–Trinajstić information content (AvgIpc) is 3.28. The Morgan fingerprint density at radius 1 is 1.22 bits per heavy atom. The highest BCUT2D eigenvalue weighted by atomic mass is 15.3. The minimum Gasteiger partial charge on any atom is -0.352 e. The lowest BCUT2D eigenvalue weighted by Crippen LogP contribution is -2.19. The van der Waals surface area contributed by atoms with E-state index in [1.165, 1.54) is 29.5 Å². The van der Waals surface area contributed by atoms with Crippen molar-refractivity contribution in [1.29, 1.82) is 0 Å². The Morgan fingerprint density at radius 3 is 2.78 bits per heavy atom. The minimum absolute atomic E-state index is 0.574. The molecule has 3 aromatic rings. The molecule has 1 aromatic carbocycles. The first-order valence-corrected chi connectivity index (χ1v) is 8.10. The van der Waals surface area contributed by atoms with E-state index in [9.17, 15) is 0 Å². The van der Waals surface area contributed by atoms with Gasteiger partial charge in [-0.2, -0.15) is 0 Å². The topological polar surface area (TPSA) is 46.3 Å².